The van der Waals surface area contributed by atoms with Gasteiger partial charge in [0.05, 0.1) is 17.7 Å². The molecule has 4 aromatic rings. The number of allylic oxidation sites excluding steroid dienone is 1. The number of nitrogens with one attached hydrogen (secondary N) is 1. The molecule has 0 spiro atoms. The molecular formula is C21H16N6O4. The fraction of sp³-hybridized carbons (Fsp3) is 0.0476. The Morgan fingerprint density at radius 2 is 2.13 bits per heavy atom. The molecular weight excluding hydrogens is 400 g/mol. The molecule has 3 heterocycles. The number of rotatable bonds is 7. The number of pyridine rings is 1. The number of hydrogen-bond acceptors (Lipinski definition) is 8. The van der Waals surface area contributed by atoms with Crippen molar-refractivity contribution in [1.29, 1.82) is 0 Å². The van der Waals surface area contributed by atoms with Gasteiger partial charge < -0.3 is 9.73 Å². The van der Waals surface area contributed by atoms with Crippen LogP contribution < -0.4 is 5.32 Å². The Balaban J connectivity index is 1.61. The summed E-state index contributed by atoms with van der Waals surface area (Å²) in [6, 6.07) is 13.1. The van der Waals surface area contributed by atoms with Crippen molar-refractivity contribution in [2.45, 2.75) is 6.54 Å². The predicted octanol–water partition coefficient (Wildman–Crippen LogP) is 3.81. The van der Waals surface area contributed by atoms with Gasteiger partial charge >= 0.3 is 0 Å². The van der Waals surface area contributed by atoms with Crippen molar-refractivity contribution < 1.29 is 14.1 Å². The highest BCUT2D eigenvalue weighted by Gasteiger charge is 2.16. The van der Waals surface area contributed by atoms with E-state index in [-0.39, 0.29) is 11.6 Å². The quantitative estimate of drug-likeness (QED) is 0.273. The van der Waals surface area contributed by atoms with Crippen molar-refractivity contribution >= 4 is 23.6 Å². The first-order valence-corrected chi connectivity index (χ1v) is 9.21. The molecule has 1 aromatic carbocycles. The number of hydrogen-bond donors (Lipinski definition) is 1. The highest BCUT2D eigenvalue weighted by molar-refractivity contribution is 5.95. The first-order valence-electron chi connectivity index (χ1n) is 9.21. The maximum Gasteiger partial charge on any atom is 0.274 e. The lowest BCUT2D eigenvalue weighted by molar-refractivity contribution is -0.384. The van der Waals surface area contributed by atoms with Crippen LogP contribution in [-0.4, -0.2) is 30.6 Å². The molecule has 10 heteroatoms. The molecule has 154 valence electrons. The zero-order chi connectivity index (χ0) is 21.6. The monoisotopic (exact) mass is 416 g/mol. The first kappa shape index (κ1) is 19.7. The minimum Gasteiger partial charge on any atom is -0.467 e. The lowest BCUT2D eigenvalue weighted by Crippen LogP contribution is -2.14. The van der Waals surface area contributed by atoms with E-state index in [0.29, 0.717) is 29.3 Å². The van der Waals surface area contributed by atoms with Crippen LogP contribution in [0.15, 0.2) is 77.7 Å². The summed E-state index contributed by atoms with van der Waals surface area (Å²) in [5, 5.41) is 18.3. The molecule has 0 amide bonds. The molecule has 31 heavy (non-hydrogen) atoms. The Bertz CT molecular complexity index is 1230. The summed E-state index contributed by atoms with van der Waals surface area (Å²) in [4.78, 5) is 31.7. The Labute approximate surface area is 176 Å². The number of carbonyl (C=O) groups is 1. The highest BCUT2D eigenvalue weighted by atomic mass is 16.6. The minimum atomic E-state index is -0.493. The second-order valence-electron chi connectivity index (χ2n) is 6.37. The number of nitrogens with zero attached hydrogens (tertiary/aromatic N) is 5. The second kappa shape index (κ2) is 8.82. The van der Waals surface area contributed by atoms with Crippen molar-refractivity contribution in [3.05, 3.63) is 94.7 Å². The van der Waals surface area contributed by atoms with Gasteiger partial charge in [0.1, 0.15) is 5.76 Å². The van der Waals surface area contributed by atoms with Crippen molar-refractivity contribution in [3.8, 4) is 11.4 Å². The van der Waals surface area contributed by atoms with Crippen molar-refractivity contribution in [2.75, 3.05) is 5.32 Å². The van der Waals surface area contributed by atoms with Crippen molar-refractivity contribution in [2.24, 2.45) is 0 Å². The van der Waals surface area contributed by atoms with Crippen LogP contribution in [0.25, 0.3) is 17.5 Å². The molecule has 0 unspecified atom stereocenters. The van der Waals surface area contributed by atoms with E-state index in [1.54, 1.807) is 55.1 Å². The van der Waals surface area contributed by atoms with Gasteiger partial charge in [-0.2, -0.15) is 9.67 Å². The van der Waals surface area contributed by atoms with Crippen molar-refractivity contribution in [3.63, 3.8) is 0 Å². The molecule has 4 rings (SSSR count). The number of carbonyl (C=O) groups excluding carboxylic acids is 1. The minimum absolute atomic E-state index is 0.0602. The number of aromatic nitrogens is 4. The van der Waals surface area contributed by atoms with Gasteiger partial charge in [-0.25, -0.2) is 0 Å². The van der Waals surface area contributed by atoms with Crippen molar-refractivity contribution in [1.82, 2.24) is 19.7 Å². The van der Waals surface area contributed by atoms with E-state index < -0.39 is 10.8 Å². The standard InChI is InChI=1S/C21H16N6O4/c28-19(9-8-15-4-1-6-17(12-15)27(29)30)26-21(23-14-18-7-3-11-31-18)24-20(25-26)16-5-2-10-22-13-16/h1-13H,14H2,(H,23,24,25). The van der Waals surface area contributed by atoms with Gasteiger partial charge in [-0.05, 0) is 35.9 Å². The van der Waals surface area contributed by atoms with Gasteiger partial charge in [0, 0.05) is 36.2 Å². The van der Waals surface area contributed by atoms with E-state index >= 15 is 0 Å². The topological polar surface area (TPSA) is 129 Å². The fourth-order valence-electron chi connectivity index (χ4n) is 2.76. The van der Waals surface area contributed by atoms with Gasteiger partial charge in [-0.1, -0.05) is 12.1 Å². The molecule has 3 aromatic heterocycles. The molecule has 10 nitrogen and oxygen atoms in total. The third kappa shape index (κ3) is 4.70. The van der Waals surface area contributed by atoms with Gasteiger partial charge in [0.25, 0.3) is 11.6 Å². The molecule has 0 bridgehead atoms. The number of non-ortho nitro benzene ring substituents is 1. The molecule has 0 aliphatic rings. The van der Waals surface area contributed by atoms with Crippen LogP contribution in [0.1, 0.15) is 16.1 Å². The smallest absolute Gasteiger partial charge is 0.274 e. The second-order valence-corrected chi connectivity index (χ2v) is 6.37. The molecule has 0 saturated heterocycles. The Morgan fingerprint density at radius 1 is 1.23 bits per heavy atom. The van der Waals surface area contributed by atoms with E-state index in [4.69, 9.17) is 4.42 Å². The molecule has 0 atom stereocenters. The van der Waals surface area contributed by atoms with Crippen LogP contribution in [0.4, 0.5) is 11.6 Å². The molecule has 0 aliphatic heterocycles. The normalized spacial score (nSPS) is 11.0. The number of benzene rings is 1. The maximum atomic E-state index is 12.8. The fourth-order valence-corrected chi connectivity index (χ4v) is 2.76. The number of anilines is 1. The zero-order valence-electron chi connectivity index (χ0n) is 16.1. The van der Waals surface area contributed by atoms with Gasteiger partial charge in [-0.3, -0.25) is 19.9 Å². The lowest BCUT2D eigenvalue weighted by atomic mass is 10.2. The summed E-state index contributed by atoms with van der Waals surface area (Å²) < 4.78 is 6.42. The van der Waals surface area contributed by atoms with Crippen LogP contribution in [0.2, 0.25) is 0 Å². The van der Waals surface area contributed by atoms with Gasteiger partial charge in [0.15, 0.2) is 5.82 Å². The number of nitro groups is 1. The number of nitro benzene ring substituents is 1. The summed E-state index contributed by atoms with van der Waals surface area (Å²) >= 11 is 0. The van der Waals surface area contributed by atoms with Crippen LogP contribution in [0, 0.1) is 10.1 Å². The third-order valence-electron chi connectivity index (χ3n) is 4.24. The van der Waals surface area contributed by atoms with E-state index in [2.05, 4.69) is 20.4 Å². The Kier molecular flexibility index (Phi) is 5.61. The van der Waals surface area contributed by atoms with E-state index in [9.17, 15) is 14.9 Å². The summed E-state index contributed by atoms with van der Waals surface area (Å²) in [5.41, 5.74) is 1.10. The van der Waals surface area contributed by atoms with Gasteiger partial charge in [-0.15, -0.1) is 5.10 Å². The molecule has 0 aliphatic carbocycles. The van der Waals surface area contributed by atoms with Crippen LogP contribution in [0.3, 0.4) is 0 Å². The summed E-state index contributed by atoms with van der Waals surface area (Å²) in [6.45, 7) is 0.306. The Hall–Kier alpha value is -4.60. The predicted molar refractivity (Wildman–Crippen MR) is 112 cm³/mol. The SMILES string of the molecule is O=C(C=Cc1cccc([N+](=O)[O-])c1)n1nc(-c2cccnc2)nc1NCc1ccco1. The lowest BCUT2D eigenvalue weighted by Gasteiger charge is -2.03. The first-order chi connectivity index (χ1) is 15.1. The third-order valence-corrected chi connectivity index (χ3v) is 4.24. The highest BCUT2D eigenvalue weighted by Crippen LogP contribution is 2.18. The average Bonchev–Trinajstić information content (AvgIpc) is 3.47. The molecule has 0 radical (unpaired) electrons. The van der Waals surface area contributed by atoms with Crippen LogP contribution >= 0.6 is 0 Å². The molecule has 1 N–H and O–H groups in total. The largest absolute Gasteiger partial charge is 0.467 e. The molecule has 0 fully saturated rings. The van der Waals surface area contributed by atoms with Crippen LogP contribution in [0.5, 0.6) is 0 Å². The number of furan rings is 1. The zero-order valence-corrected chi connectivity index (χ0v) is 16.1. The summed E-state index contributed by atoms with van der Waals surface area (Å²) in [5.74, 6) is 0.740. The summed E-state index contributed by atoms with van der Waals surface area (Å²) in [7, 11) is 0. The van der Waals surface area contributed by atoms with Crippen LogP contribution in [-0.2, 0) is 6.54 Å². The van der Waals surface area contributed by atoms with E-state index in [1.807, 2.05) is 0 Å². The van der Waals surface area contributed by atoms with E-state index in [1.165, 1.54) is 24.3 Å². The molecule has 0 saturated carbocycles. The Morgan fingerprint density at radius 3 is 2.87 bits per heavy atom. The van der Waals surface area contributed by atoms with E-state index in [0.717, 1.165) is 4.68 Å². The summed E-state index contributed by atoms with van der Waals surface area (Å²) in [6.07, 6.45) is 7.54. The van der Waals surface area contributed by atoms with Gasteiger partial charge in [0.2, 0.25) is 5.95 Å². The average molecular weight is 416 g/mol. The maximum absolute atomic E-state index is 12.8.